The monoisotopic (exact) mass is 299 g/mol. The van der Waals surface area contributed by atoms with Crippen LogP contribution in [0.15, 0.2) is 23.1 Å². The first-order chi connectivity index (χ1) is 9.57. The first-order valence-electron chi connectivity index (χ1n) is 6.91. The maximum Gasteiger partial charge on any atom is 0.188 e. The maximum absolute atomic E-state index is 14.1. The topological polar surface area (TPSA) is 55.4 Å². The van der Waals surface area contributed by atoms with Crippen molar-refractivity contribution in [3.63, 3.8) is 0 Å². The predicted molar refractivity (Wildman–Crippen MR) is 72.9 cm³/mol. The number of nitrogens with one attached hydrogen (secondary N) is 1. The summed E-state index contributed by atoms with van der Waals surface area (Å²) < 4.78 is 43.3. The van der Waals surface area contributed by atoms with E-state index in [-0.39, 0.29) is 18.1 Å². The van der Waals surface area contributed by atoms with E-state index in [9.17, 15) is 12.8 Å². The molecule has 0 bridgehead atoms. The lowest BCUT2D eigenvalue weighted by atomic mass is 10.0. The summed E-state index contributed by atoms with van der Waals surface area (Å²) in [5, 5.41) is 2.75. The molecule has 2 fully saturated rings. The van der Waals surface area contributed by atoms with Gasteiger partial charge in [0.25, 0.3) is 0 Å². The van der Waals surface area contributed by atoms with Crippen molar-refractivity contribution < 1.29 is 17.5 Å². The van der Waals surface area contributed by atoms with E-state index >= 15 is 0 Å². The highest BCUT2D eigenvalue weighted by molar-refractivity contribution is 7.92. The van der Waals surface area contributed by atoms with Crippen LogP contribution < -0.4 is 5.32 Å². The second-order valence-corrected chi connectivity index (χ2v) is 7.66. The first kappa shape index (κ1) is 14.0. The summed E-state index contributed by atoms with van der Waals surface area (Å²) in [5.41, 5.74) is 0.839. The molecule has 2 aliphatic heterocycles. The van der Waals surface area contributed by atoms with Crippen LogP contribution in [0.25, 0.3) is 0 Å². The van der Waals surface area contributed by atoms with Gasteiger partial charge in [0.15, 0.2) is 9.84 Å². The van der Waals surface area contributed by atoms with Crippen molar-refractivity contribution in [2.24, 2.45) is 0 Å². The summed E-state index contributed by atoms with van der Waals surface area (Å²) in [7, 11) is -3.59. The van der Waals surface area contributed by atoms with Crippen molar-refractivity contribution in [3.05, 3.63) is 29.6 Å². The summed E-state index contributed by atoms with van der Waals surface area (Å²) in [6.07, 6.45) is 2.96. The van der Waals surface area contributed by atoms with E-state index in [0.29, 0.717) is 6.04 Å². The molecule has 0 radical (unpaired) electrons. The molecule has 2 heterocycles. The van der Waals surface area contributed by atoms with E-state index in [4.69, 9.17) is 4.74 Å². The molecule has 2 aliphatic rings. The number of rotatable bonds is 4. The molecule has 1 unspecified atom stereocenters. The van der Waals surface area contributed by atoms with Crippen LogP contribution in [0.1, 0.15) is 18.4 Å². The fourth-order valence-corrected chi connectivity index (χ4v) is 4.19. The Morgan fingerprint density at radius 3 is 2.70 bits per heavy atom. The Kier molecular flexibility index (Phi) is 3.79. The normalized spacial score (nSPS) is 23.8. The molecule has 6 heteroatoms. The Hall–Kier alpha value is -0.980. The summed E-state index contributed by atoms with van der Waals surface area (Å²) in [4.78, 5) is -0.200. The zero-order valence-electron chi connectivity index (χ0n) is 11.1. The van der Waals surface area contributed by atoms with Gasteiger partial charge in [0.2, 0.25) is 0 Å². The van der Waals surface area contributed by atoms with Crippen molar-refractivity contribution in [2.45, 2.75) is 35.4 Å². The lowest BCUT2D eigenvalue weighted by Gasteiger charge is -2.26. The zero-order chi connectivity index (χ0) is 14.2. The molecule has 3 rings (SSSR count). The SMILES string of the molecule is O=S(=O)(c1ccc(CC2CCCN2)cc1F)C1COC1. The molecule has 0 aliphatic carbocycles. The first-order valence-corrected chi connectivity index (χ1v) is 8.45. The number of hydrogen-bond acceptors (Lipinski definition) is 4. The molecule has 1 aromatic rings. The molecule has 1 N–H and O–H groups in total. The highest BCUT2D eigenvalue weighted by Crippen LogP contribution is 2.25. The van der Waals surface area contributed by atoms with Gasteiger partial charge in [-0.25, -0.2) is 12.8 Å². The Morgan fingerprint density at radius 2 is 2.15 bits per heavy atom. The Labute approximate surface area is 118 Å². The van der Waals surface area contributed by atoms with Gasteiger partial charge >= 0.3 is 0 Å². The summed E-state index contributed by atoms with van der Waals surface area (Å²) >= 11 is 0. The summed E-state index contributed by atoms with van der Waals surface area (Å²) in [6.45, 7) is 1.33. The van der Waals surface area contributed by atoms with Crippen molar-refractivity contribution >= 4 is 9.84 Å². The molecule has 0 saturated carbocycles. The minimum Gasteiger partial charge on any atom is -0.379 e. The van der Waals surface area contributed by atoms with Gasteiger partial charge in [-0.2, -0.15) is 0 Å². The van der Waals surface area contributed by atoms with E-state index in [1.54, 1.807) is 6.07 Å². The Balaban J connectivity index is 1.80. The van der Waals surface area contributed by atoms with Crippen LogP contribution in [-0.2, 0) is 21.0 Å². The fraction of sp³-hybridized carbons (Fsp3) is 0.571. The second-order valence-electron chi connectivity index (χ2n) is 5.47. The molecule has 110 valence electrons. The van der Waals surface area contributed by atoms with Crippen LogP contribution in [-0.4, -0.2) is 39.5 Å². The van der Waals surface area contributed by atoms with Gasteiger partial charge in [0, 0.05) is 6.04 Å². The minimum atomic E-state index is -3.59. The van der Waals surface area contributed by atoms with Crippen LogP contribution >= 0.6 is 0 Å². The molecule has 4 nitrogen and oxygen atoms in total. The van der Waals surface area contributed by atoms with Crippen LogP contribution in [0.4, 0.5) is 4.39 Å². The average Bonchev–Trinajstić information content (AvgIpc) is 2.78. The van der Waals surface area contributed by atoms with E-state index in [1.807, 2.05) is 0 Å². The fourth-order valence-electron chi connectivity index (χ4n) is 2.69. The standard InChI is InChI=1S/C14H18FNO3S/c15-13-7-10(6-11-2-1-5-16-11)3-4-14(13)20(17,18)12-8-19-9-12/h3-4,7,11-12,16H,1-2,5-6,8-9H2. The Morgan fingerprint density at radius 1 is 1.35 bits per heavy atom. The lowest BCUT2D eigenvalue weighted by molar-refractivity contribution is 0.0415. The third-order valence-corrected chi connectivity index (χ3v) is 6.09. The number of ether oxygens (including phenoxy) is 1. The lowest BCUT2D eigenvalue weighted by Crippen LogP contribution is -2.41. The van der Waals surface area contributed by atoms with E-state index < -0.39 is 20.9 Å². The van der Waals surface area contributed by atoms with Crippen LogP contribution in [0.2, 0.25) is 0 Å². The van der Waals surface area contributed by atoms with Crippen LogP contribution in [0.3, 0.4) is 0 Å². The van der Waals surface area contributed by atoms with Gasteiger partial charge in [-0.1, -0.05) is 6.07 Å². The predicted octanol–water partition coefficient (Wildman–Crippen LogP) is 1.29. The second kappa shape index (κ2) is 5.42. The smallest absolute Gasteiger partial charge is 0.188 e. The van der Waals surface area contributed by atoms with Gasteiger partial charge in [0.1, 0.15) is 16.0 Å². The average molecular weight is 299 g/mol. The quantitative estimate of drug-likeness (QED) is 0.910. The Bertz CT molecular complexity index is 592. The number of benzene rings is 1. The highest BCUT2D eigenvalue weighted by atomic mass is 32.2. The summed E-state index contributed by atoms with van der Waals surface area (Å²) in [6, 6.07) is 4.84. The number of halogens is 1. The minimum absolute atomic E-state index is 0.162. The molecule has 1 atom stereocenters. The third-order valence-electron chi connectivity index (χ3n) is 3.99. The molecule has 0 aromatic heterocycles. The van der Waals surface area contributed by atoms with Crippen molar-refractivity contribution in [1.82, 2.24) is 5.32 Å². The molecule has 0 spiro atoms. The summed E-state index contributed by atoms with van der Waals surface area (Å²) in [5.74, 6) is -0.646. The van der Waals surface area contributed by atoms with E-state index in [0.717, 1.165) is 31.4 Å². The molecule has 2 saturated heterocycles. The number of hydrogen-bond donors (Lipinski definition) is 1. The highest BCUT2D eigenvalue weighted by Gasteiger charge is 2.35. The number of sulfone groups is 1. The molecular formula is C14H18FNO3S. The van der Waals surface area contributed by atoms with Crippen molar-refractivity contribution in [1.29, 1.82) is 0 Å². The van der Waals surface area contributed by atoms with Crippen molar-refractivity contribution in [2.75, 3.05) is 19.8 Å². The third kappa shape index (κ3) is 2.60. The molecular weight excluding hydrogens is 281 g/mol. The van der Waals surface area contributed by atoms with Gasteiger partial charge in [-0.15, -0.1) is 0 Å². The molecule has 0 amide bonds. The van der Waals surface area contributed by atoms with Gasteiger partial charge < -0.3 is 10.1 Å². The van der Waals surface area contributed by atoms with E-state index in [1.165, 1.54) is 12.1 Å². The van der Waals surface area contributed by atoms with Crippen molar-refractivity contribution in [3.8, 4) is 0 Å². The molecule has 1 aromatic carbocycles. The largest absolute Gasteiger partial charge is 0.379 e. The zero-order valence-corrected chi connectivity index (χ0v) is 12.0. The van der Waals surface area contributed by atoms with Gasteiger partial charge in [-0.05, 0) is 43.5 Å². The van der Waals surface area contributed by atoms with Crippen LogP contribution in [0, 0.1) is 5.82 Å². The van der Waals surface area contributed by atoms with E-state index in [2.05, 4.69) is 5.32 Å². The molecule has 20 heavy (non-hydrogen) atoms. The van der Waals surface area contributed by atoms with Gasteiger partial charge in [0.05, 0.1) is 13.2 Å². The van der Waals surface area contributed by atoms with Gasteiger partial charge in [-0.3, -0.25) is 0 Å². The maximum atomic E-state index is 14.1. The van der Waals surface area contributed by atoms with Crippen LogP contribution in [0.5, 0.6) is 0 Å².